The highest BCUT2D eigenvalue weighted by Gasteiger charge is 2.11. The molecule has 9 heavy (non-hydrogen) atoms. The molecule has 0 aromatic rings. The molecule has 0 amide bonds. The third-order valence-corrected chi connectivity index (χ3v) is 1.37. The van der Waals surface area contributed by atoms with Gasteiger partial charge >= 0.3 is 7.12 Å². The monoisotopic (exact) mass is 150 g/mol. The molecule has 0 spiro atoms. The van der Waals surface area contributed by atoms with Crippen molar-refractivity contribution in [2.75, 3.05) is 20.1 Å². The summed E-state index contributed by atoms with van der Waals surface area (Å²) in [5.41, 5.74) is 0. The van der Waals surface area contributed by atoms with Crippen molar-refractivity contribution in [3.05, 3.63) is 0 Å². The maximum absolute atomic E-state index is 5.45. The second kappa shape index (κ2) is 6.40. The Morgan fingerprint density at radius 1 is 1.33 bits per heavy atom. The van der Waals surface area contributed by atoms with Crippen LogP contribution in [-0.4, -0.2) is 27.2 Å². The second-order valence-corrected chi connectivity index (χ2v) is 2.11. The lowest BCUT2D eigenvalue weighted by Crippen LogP contribution is -2.18. The fourth-order valence-electron chi connectivity index (χ4n) is 0.576. The number of alkyl halides is 1. The molecule has 0 N–H and O–H groups in total. The van der Waals surface area contributed by atoms with Crippen LogP contribution in [0.5, 0.6) is 0 Å². The van der Waals surface area contributed by atoms with Crippen molar-refractivity contribution < 1.29 is 9.31 Å². The quantitative estimate of drug-likeness (QED) is 0.436. The Morgan fingerprint density at radius 3 is 2.22 bits per heavy atom. The maximum Gasteiger partial charge on any atom is 0.456 e. The number of hydrogen-bond acceptors (Lipinski definition) is 2. The highest BCUT2D eigenvalue weighted by molar-refractivity contribution is 6.44. The first-order valence-electron chi connectivity index (χ1n) is 2.96. The first-order chi connectivity index (χ1) is 4.35. The summed E-state index contributed by atoms with van der Waals surface area (Å²) < 4.78 is 9.84. The van der Waals surface area contributed by atoms with Gasteiger partial charge in [0.1, 0.15) is 0 Å². The van der Waals surface area contributed by atoms with E-state index in [0.29, 0.717) is 5.88 Å². The van der Waals surface area contributed by atoms with Gasteiger partial charge in [0.2, 0.25) is 0 Å². The van der Waals surface area contributed by atoms with Gasteiger partial charge in [-0.2, -0.15) is 0 Å². The van der Waals surface area contributed by atoms with Gasteiger partial charge in [0.05, 0.1) is 0 Å². The van der Waals surface area contributed by atoms with Crippen LogP contribution in [0.3, 0.4) is 0 Å². The van der Waals surface area contributed by atoms with Gasteiger partial charge in [-0.3, -0.25) is 0 Å². The van der Waals surface area contributed by atoms with Gasteiger partial charge < -0.3 is 9.31 Å². The Kier molecular flexibility index (Phi) is 6.59. The highest BCUT2D eigenvalue weighted by atomic mass is 35.5. The minimum Gasteiger partial charge on any atom is -0.414 e. The molecule has 0 aliphatic rings. The van der Waals surface area contributed by atoms with Crippen LogP contribution in [-0.2, 0) is 9.31 Å². The lowest BCUT2D eigenvalue weighted by atomic mass is 9.83. The molecule has 4 heteroatoms. The van der Waals surface area contributed by atoms with Crippen LogP contribution in [0.2, 0.25) is 6.32 Å². The van der Waals surface area contributed by atoms with Crippen LogP contribution < -0.4 is 0 Å². The Hall–Kier alpha value is 0.275. The van der Waals surface area contributed by atoms with E-state index in [9.17, 15) is 0 Å². The summed E-state index contributed by atoms with van der Waals surface area (Å²) in [4.78, 5) is 0. The fraction of sp³-hybridized carbons (Fsp3) is 1.00. The van der Waals surface area contributed by atoms with Crippen LogP contribution in [0.1, 0.15) is 6.42 Å². The predicted octanol–water partition coefficient (Wildman–Crippen LogP) is 1.40. The summed E-state index contributed by atoms with van der Waals surface area (Å²) >= 11 is 5.45. The molecule has 0 rings (SSSR count). The lowest BCUT2D eigenvalue weighted by Gasteiger charge is -2.05. The summed E-state index contributed by atoms with van der Waals surface area (Å²) in [5.74, 6) is 0.670. The Balaban J connectivity index is 3.09. The van der Waals surface area contributed by atoms with Crippen LogP contribution in [0.25, 0.3) is 0 Å². The Bertz CT molecular complexity index is 58.9. The van der Waals surface area contributed by atoms with Crippen LogP contribution in [0.4, 0.5) is 0 Å². The van der Waals surface area contributed by atoms with Crippen LogP contribution >= 0.6 is 11.6 Å². The van der Waals surface area contributed by atoms with Gasteiger partial charge in [0, 0.05) is 20.1 Å². The summed E-state index contributed by atoms with van der Waals surface area (Å²) in [7, 11) is 3.17. The van der Waals surface area contributed by atoms with Gasteiger partial charge in [0.25, 0.3) is 0 Å². The first kappa shape index (κ1) is 9.27. The van der Waals surface area contributed by atoms with Gasteiger partial charge in [0.15, 0.2) is 0 Å². The van der Waals surface area contributed by atoms with E-state index in [1.807, 2.05) is 0 Å². The standard InChI is InChI=1S/C5H12BClO2/c1-8-6(9-2)4-3-5-7/h3-5H2,1-2H3. The normalized spacial score (nSPS) is 9.67. The molecule has 0 aromatic heterocycles. The van der Waals surface area contributed by atoms with Crippen LogP contribution in [0.15, 0.2) is 0 Å². The fourth-order valence-corrected chi connectivity index (χ4v) is 0.730. The van der Waals surface area contributed by atoms with Crippen molar-refractivity contribution in [1.29, 1.82) is 0 Å². The van der Waals surface area contributed by atoms with Crippen molar-refractivity contribution in [3.8, 4) is 0 Å². The summed E-state index contributed by atoms with van der Waals surface area (Å²) in [6.45, 7) is 0. The van der Waals surface area contributed by atoms with Crippen LogP contribution in [0, 0.1) is 0 Å². The van der Waals surface area contributed by atoms with E-state index in [4.69, 9.17) is 20.9 Å². The topological polar surface area (TPSA) is 18.5 Å². The van der Waals surface area contributed by atoms with Crippen molar-refractivity contribution in [1.82, 2.24) is 0 Å². The smallest absolute Gasteiger partial charge is 0.414 e. The second-order valence-electron chi connectivity index (χ2n) is 1.73. The zero-order valence-corrected chi connectivity index (χ0v) is 6.65. The summed E-state index contributed by atoms with van der Waals surface area (Å²) in [6.07, 6.45) is 1.81. The summed E-state index contributed by atoms with van der Waals surface area (Å²) in [6, 6.07) is 0. The molecule has 54 valence electrons. The van der Waals surface area contributed by atoms with Crippen molar-refractivity contribution >= 4 is 18.7 Å². The average molecular weight is 150 g/mol. The summed E-state index contributed by atoms with van der Waals surface area (Å²) in [5, 5.41) is 0. The van der Waals surface area contributed by atoms with E-state index in [2.05, 4.69) is 0 Å². The van der Waals surface area contributed by atoms with E-state index in [-0.39, 0.29) is 7.12 Å². The van der Waals surface area contributed by atoms with E-state index in [0.717, 1.165) is 12.7 Å². The van der Waals surface area contributed by atoms with E-state index in [1.54, 1.807) is 14.2 Å². The molecular weight excluding hydrogens is 138 g/mol. The minimum absolute atomic E-state index is 0.0799. The number of rotatable bonds is 5. The first-order valence-corrected chi connectivity index (χ1v) is 3.50. The molecule has 0 saturated carbocycles. The molecular formula is C5H12BClO2. The molecule has 0 saturated heterocycles. The van der Waals surface area contributed by atoms with Gasteiger partial charge in [-0.05, 0) is 12.7 Å². The molecule has 0 aliphatic carbocycles. The molecule has 2 nitrogen and oxygen atoms in total. The predicted molar refractivity (Wildman–Crippen MR) is 39.9 cm³/mol. The third-order valence-electron chi connectivity index (χ3n) is 1.10. The van der Waals surface area contributed by atoms with E-state index in [1.165, 1.54) is 0 Å². The maximum atomic E-state index is 5.45. The van der Waals surface area contributed by atoms with Crippen molar-refractivity contribution in [2.45, 2.75) is 12.7 Å². The molecule has 0 unspecified atom stereocenters. The molecule has 0 fully saturated rings. The zero-order valence-electron chi connectivity index (χ0n) is 5.89. The minimum atomic E-state index is -0.0799. The van der Waals surface area contributed by atoms with Gasteiger partial charge in [-0.25, -0.2) is 0 Å². The molecule has 0 aromatic carbocycles. The van der Waals surface area contributed by atoms with Gasteiger partial charge in [-0.15, -0.1) is 11.6 Å². The largest absolute Gasteiger partial charge is 0.456 e. The Labute approximate surface area is 61.6 Å². The number of halogens is 1. The molecule has 0 heterocycles. The average Bonchev–Trinajstić information content (AvgIpc) is 1.91. The number of hydrogen-bond donors (Lipinski definition) is 0. The van der Waals surface area contributed by atoms with E-state index >= 15 is 0 Å². The molecule has 0 aliphatic heterocycles. The van der Waals surface area contributed by atoms with Gasteiger partial charge in [-0.1, -0.05) is 0 Å². The zero-order chi connectivity index (χ0) is 7.11. The van der Waals surface area contributed by atoms with Crippen molar-refractivity contribution in [2.24, 2.45) is 0 Å². The van der Waals surface area contributed by atoms with Crippen molar-refractivity contribution in [3.63, 3.8) is 0 Å². The highest BCUT2D eigenvalue weighted by Crippen LogP contribution is 1.99. The lowest BCUT2D eigenvalue weighted by molar-refractivity contribution is 0.277. The SMILES string of the molecule is COB(CCCCl)OC. The third kappa shape index (κ3) is 4.76. The Morgan fingerprint density at radius 2 is 1.89 bits per heavy atom. The molecule has 0 atom stereocenters. The molecule has 0 bridgehead atoms. The van der Waals surface area contributed by atoms with E-state index < -0.39 is 0 Å². The molecule has 0 radical (unpaired) electrons.